The van der Waals surface area contributed by atoms with Gasteiger partial charge in [-0.1, -0.05) is 59.6 Å². The normalized spacial score (nSPS) is 15.9. The van der Waals surface area contributed by atoms with Crippen LogP contribution in [0.5, 0.6) is 11.8 Å². The van der Waals surface area contributed by atoms with Crippen LogP contribution in [0.25, 0.3) is 33.6 Å². The van der Waals surface area contributed by atoms with Crippen molar-refractivity contribution in [3.05, 3.63) is 70.2 Å². The monoisotopic (exact) mass is 680 g/mol. The number of halogens is 2. The second-order valence-electron chi connectivity index (χ2n) is 10.9. The highest BCUT2D eigenvalue weighted by Crippen LogP contribution is 2.42. The Morgan fingerprint density at radius 2 is 1.40 bits per heavy atom. The number of amides is 1. The summed E-state index contributed by atoms with van der Waals surface area (Å²) in [7, 11) is 3.08. The number of carbonyl (C=O) groups is 1. The molecule has 14 heteroatoms. The lowest BCUT2D eigenvalue weighted by Crippen LogP contribution is -2.37. The van der Waals surface area contributed by atoms with Crippen LogP contribution in [0.2, 0.25) is 10.0 Å². The number of nitrogens with one attached hydrogen (secondary N) is 4. The van der Waals surface area contributed by atoms with Crippen molar-refractivity contribution < 1.29 is 19.4 Å². The molecule has 0 radical (unpaired) electrons. The molecule has 2 aromatic heterocycles. The van der Waals surface area contributed by atoms with Gasteiger partial charge in [-0.3, -0.25) is 20.1 Å². The minimum atomic E-state index is -0.447. The number of ether oxygens (including phenoxy) is 2. The summed E-state index contributed by atoms with van der Waals surface area (Å²) in [5.41, 5.74) is 5.04. The van der Waals surface area contributed by atoms with E-state index in [4.69, 9.17) is 37.7 Å². The molecule has 47 heavy (non-hydrogen) atoms. The molecular formula is C33H38Cl2N8O4. The van der Waals surface area contributed by atoms with Crippen molar-refractivity contribution in [2.45, 2.75) is 45.1 Å². The third-order valence-corrected chi connectivity index (χ3v) is 8.52. The van der Waals surface area contributed by atoms with Crippen LogP contribution < -0.4 is 30.7 Å². The third-order valence-electron chi connectivity index (χ3n) is 7.70. The van der Waals surface area contributed by atoms with Crippen molar-refractivity contribution in [3.63, 3.8) is 0 Å². The van der Waals surface area contributed by atoms with Crippen LogP contribution in [0.3, 0.4) is 0 Å². The van der Waals surface area contributed by atoms with Crippen molar-refractivity contribution >= 4 is 29.1 Å². The largest absolute Gasteiger partial charge is 0.480 e. The van der Waals surface area contributed by atoms with E-state index in [2.05, 4.69) is 36.2 Å². The van der Waals surface area contributed by atoms with Crippen LogP contribution in [0.1, 0.15) is 31.2 Å². The van der Waals surface area contributed by atoms with E-state index in [0.717, 1.165) is 12.8 Å². The molecule has 1 amide bonds. The van der Waals surface area contributed by atoms with Crippen molar-refractivity contribution in [2.24, 2.45) is 0 Å². The van der Waals surface area contributed by atoms with E-state index in [-0.39, 0.29) is 18.5 Å². The average molecular weight is 682 g/mol. The van der Waals surface area contributed by atoms with Gasteiger partial charge in [0, 0.05) is 54.5 Å². The summed E-state index contributed by atoms with van der Waals surface area (Å²) in [4.78, 5) is 30.3. The topological polar surface area (TPSA) is 155 Å². The number of aliphatic hydroxyl groups excluding tert-OH is 1. The van der Waals surface area contributed by atoms with E-state index in [1.807, 2.05) is 43.3 Å². The van der Waals surface area contributed by atoms with Gasteiger partial charge in [0.25, 0.3) is 0 Å². The van der Waals surface area contributed by atoms with Crippen LogP contribution in [0, 0.1) is 0 Å². The van der Waals surface area contributed by atoms with Gasteiger partial charge in [-0.25, -0.2) is 9.97 Å². The number of aliphatic hydroxyl groups is 1. The van der Waals surface area contributed by atoms with E-state index in [9.17, 15) is 9.90 Å². The predicted octanol–water partition coefficient (Wildman–Crippen LogP) is 3.98. The summed E-state index contributed by atoms with van der Waals surface area (Å²) >= 11 is 14.0. The van der Waals surface area contributed by atoms with Gasteiger partial charge in [-0.15, -0.1) is 0 Å². The molecule has 3 heterocycles. The summed E-state index contributed by atoms with van der Waals surface area (Å²) in [6.45, 7) is 4.04. The van der Waals surface area contributed by atoms with Crippen molar-refractivity contribution in [3.8, 4) is 45.4 Å². The number of carbonyl (C=O) groups excluding carboxylic acids is 1. The number of rotatable bonds is 14. The number of benzene rings is 2. The molecule has 248 valence electrons. The van der Waals surface area contributed by atoms with Crippen molar-refractivity contribution in [1.82, 2.24) is 41.2 Å². The highest BCUT2D eigenvalue weighted by atomic mass is 35.5. The number of nitrogens with zero attached hydrogens (tertiary/aromatic N) is 4. The van der Waals surface area contributed by atoms with Crippen LogP contribution in [0.4, 0.5) is 0 Å². The first kappa shape index (κ1) is 34.4. The molecule has 5 rings (SSSR count). The molecular weight excluding hydrogens is 643 g/mol. The maximum atomic E-state index is 11.8. The molecule has 4 aromatic rings. The Morgan fingerprint density at radius 1 is 0.872 bits per heavy atom. The Hall–Kier alpha value is -3.91. The van der Waals surface area contributed by atoms with Crippen molar-refractivity contribution in [2.75, 3.05) is 33.9 Å². The number of methoxy groups -OCH3 is 2. The fraction of sp³-hybridized carbons (Fsp3) is 0.364. The zero-order chi connectivity index (χ0) is 33.3. The Bertz CT molecular complexity index is 1710. The van der Waals surface area contributed by atoms with Crippen LogP contribution in [-0.2, 0) is 17.9 Å². The highest BCUT2D eigenvalue weighted by molar-refractivity contribution is 6.39. The first-order valence-corrected chi connectivity index (χ1v) is 16.1. The molecule has 1 unspecified atom stereocenters. The molecule has 0 aliphatic carbocycles. The lowest BCUT2D eigenvalue weighted by Gasteiger charge is -2.15. The second kappa shape index (κ2) is 16.3. The molecule has 1 saturated heterocycles. The van der Waals surface area contributed by atoms with Crippen molar-refractivity contribution in [1.29, 1.82) is 0 Å². The Balaban J connectivity index is 1.36. The molecule has 0 bridgehead atoms. The molecule has 1 aliphatic heterocycles. The third kappa shape index (κ3) is 8.33. The fourth-order valence-electron chi connectivity index (χ4n) is 5.38. The molecule has 2 aromatic carbocycles. The zero-order valence-corrected chi connectivity index (χ0v) is 28.0. The Morgan fingerprint density at radius 3 is 1.89 bits per heavy atom. The quantitative estimate of drug-likeness (QED) is 0.131. The molecule has 5 N–H and O–H groups in total. The van der Waals surface area contributed by atoms with E-state index in [1.165, 1.54) is 7.11 Å². The van der Waals surface area contributed by atoms with Gasteiger partial charge in [0.1, 0.15) is 17.6 Å². The van der Waals surface area contributed by atoms with Crippen LogP contribution in [-0.4, -0.2) is 77.1 Å². The molecule has 0 spiro atoms. The summed E-state index contributed by atoms with van der Waals surface area (Å²) in [6.07, 6.45) is 4.51. The van der Waals surface area contributed by atoms with Crippen LogP contribution in [0.15, 0.2) is 48.8 Å². The zero-order valence-electron chi connectivity index (χ0n) is 26.4. The van der Waals surface area contributed by atoms with E-state index >= 15 is 0 Å². The van der Waals surface area contributed by atoms with Crippen LogP contribution >= 0.6 is 23.2 Å². The summed E-state index contributed by atoms with van der Waals surface area (Å²) in [6, 6.07) is 11.5. The highest BCUT2D eigenvalue weighted by Gasteiger charge is 2.22. The fourth-order valence-corrected chi connectivity index (χ4v) is 6.03. The summed E-state index contributed by atoms with van der Waals surface area (Å²) in [5, 5.41) is 22.9. The minimum absolute atomic E-state index is 0.103. The SMILES string of the molecule is CCNC(=O)CNCc1ncc(-c2cccc(-c3cccc(-c4cnc(CNC[C@@H]5CCC(O)N5)c(OC)n4)c3Cl)c2Cl)nc1OC. The number of likely N-dealkylation sites (N-methyl/N-ethyl adjacent to an activating group) is 1. The molecule has 1 fully saturated rings. The first-order valence-electron chi connectivity index (χ1n) is 15.3. The second-order valence-corrected chi connectivity index (χ2v) is 11.7. The van der Waals surface area contributed by atoms with Gasteiger partial charge >= 0.3 is 0 Å². The smallest absolute Gasteiger partial charge is 0.237 e. The number of aromatic nitrogens is 4. The van der Waals surface area contributed by atoms with Gasteiger partial charge in [0.05, 0.1) is 54.6 Å². The molecule has 12 nitrogen and oxygen atoms in total. The maximum absolute atomic E-state index is 11.8. The maximum Gasteiger partial charge on any atom is 0.237 e. The van der Waals surface area contributed by atoms with E-state index in [0.29, 0.717) is 93.0 Å². The molecule has 0 saturated carbocycles. The van der Waals surface area contributed by atoms with Gasteiger partial charge < -0.3 is 30.5 Å². The summed E-state index contributed by atoms with van der Waals surface area (Å²) in [5.74, 6) is 0.618. The van der Waals surface area contributed by atoms with Gasteiger partial charge in [-0.05, 0) is 19.8 Å². The lowest BCUT2D eigenvalue weighted by atomic mass is 9.98. The molecule has 1 aliphatic rings. The average Bonchev–Trinajstić information content (AvgIpc) is 3.50. The van der Waals surface area contributed by atoms with E-state index in [1.54, 1.807) is 19.5 Å². The molecule has 2 atom stereocenters. The summed E-state index contributed by atoms with van der Waals surface area (Å²) < 4.78 is 11.1. The van der Waals surface area contributed by atoms with Gasteiger partial charge in [0.2, 0.25) is 17.7 Å². The number of hydrogen-bond donors (Lipinski definition) is 5. The van der Waals surface area contributed by atoms with Gasteiger partial charge in [-0.2, -0.15) is 0 Å². The Labute approximate surface area is 283 Å². The Kier molecular flexibility index (Phi) is 11.9. The minimum Gasteiger partial charge on any atom is -0.480 e. The first-order chi connectivity index (χ1) is 22.8. The van der Waals surface area contributed by atoms with E-state index < -0.39 is 6.23 Å². The van der Waals surface area contributed by atoms with Gasteiger partial charge in [0.15, 0.2) is 0 Å². The standard InChI is InChI=1S/C33H38Cl2N8O4/c1-4-38-29(45)18-37-15-27-33(47-3)43-25(17-40-27)23-10-6-8-21(31(23)35)20-7-5-9-22(30(20)34)24-16-39-26(32(42-24)46-2)14-36-13-19-11-12-28(44)41-19/h5-10,16-17,19,28,36-37,41,44H,4,11-15,18H2,1-3H3,(H,38,45)/t19-,28?/m0/s1. The number of hydrogen-bond acceptors (Lipinski definition) is 11. The lowest BCUT2D eigenvalue weighted by molar-refractivity contribution is -0.120. The predicted molar refractivity (Wildman–Crippen MR) is 181 cm³/mol.